The second-order valence-corrected chi connectivity index (χ2v) is 7.06. The molecule has 4 aromatic rings. The van der Waals surface area contributed by atoms with E-state index in [4.69, 9.17) is 9.15 Å². The first-order valence-electron chi connectivity index (χ1n) is 9.31. The Labute approximate surface area is 168 Å². The molecule has 0 spiro atoms. The molecule has 0 radical (unpaired) electrons. The zero-order valence-corrected chi connectivity index (χ0v) is 16.5. The van der Waals surface area contributed by atoms with E-state index < -0.39 is 0 Å². The van der Waals surface area contributed by atoms with Crippen molar-refractivity contribution in [1.82, 2.24) is 0 Å². The van der Waals surface area contributed by atoms with Crippen LogP contribution in [0.1, 0.15) is 27.0 Å². The number of carbonyl (C=O) groups excluding carboxylic acids is 1. The van der Waals surface area contributed by atoms with Gasteiger partial charge in [0.1, 0.15) is 22.7 Å². The molecule has 4 nitrogen and oxygen atoms in total. The molecule has 0 unspecified atom stereocenters. The highest BCUT2D eigenvalue weighted by Gasteiger charge is 2.23. The lowest BCUT2D eigenvalue weighted by Crippen LogP contribution is -2.18. The molecule has 0 aliphatic carbocycles. The van der Waals surface area contributed by atoms with Crippen LogP contribution in [-0.2, 0) is 0 Å². The molecule has 4 rings (SSSR count). The zero-order valence-electron chi connectivity index (χ0n) is 16.5. The molecule has 4 heteroatoms. The number of carbonyl (C=O) groups is 1. The van der Waals surface area contributed by atoms with Crippen LogP contribution in [0.3, 0.4) is 0 Å². The van der Waals surface area contributed by atoms with E-state index in [9.17, 15) is 9.59 Å². The summed E-state index contributed by atoms with van der Waals surface area (Å²) in [6, 6.07) is 19.6. The van der Waals surface area contributed by atoms with Gasteiger partial charge in [-0.05, 0) is 55.8 Å². The Hall–Kier alpha value is -3.66. The van der Waals surface area contributed by atoms with E-state index in [0.717, 1.165) is 11.1 Å². The molecular weight excluding hydrogens is 364 g/mol. The second kappa shape index (κ2) is 7.40. The van der Waals surface area contributed by atoms with Gasteiger partial charge in [-0.25, -0.2) is 0 Å². The molecule has 0 aliphatic heterocycles. The molecule has 0 bridgehead atoms. The third-order valence-corrected chi connectivity index (χ3v) is 4.94. The van der Waals surface area contributed by atoms with Crippen molar-refractivity contribution in [2.24, 2.45) is 0 Å². The van der Waals surface area contributed by atoms with Crippen molar-refractivity contribution in [3.05, 3.63) is 99.2 Å². The molecule has 0 aliphatic rings. The molecule has 0 fully saturated rings. The minimum atomic E-state index is -0.355. The Morgan fingerprint density at radius 2 is 1.52 bits per heavy atom. The second-order valence-electron chi connectivity index (χ2n) is 7.06. The Morgan fingerprint density at radius 3 is 2.17 bits per heavy atom. The van der Waals surface area contributed by atoms with Gasteiger partial charge in [0.15, 0.2) is 0 Å². The lowest BCUT2D eigenvalue weighted by atomic mass is 9.96. The maximum Gasteiger partial charge on any atom is 0.204 e. The molecule has 3 aromatic carbocycles. The number of ether oxygens (including phenoxy) is 1. The number of aryl methyl sites for hydroxylation is 2. The zero-order chi connectivity index (χ0) is 20.5. The van der Waals surface area contributed by atoms with Crippen molar-refractivity contribution in [1.29, 1.82) is 0 Å². The Balaban J connectivity index is 2.00. The first-order valence-corrected chi connectivity index (χ1v) is 9.31. The molecule has 1 aromatic heterocycles. The van der Waals surface area contributed by atoms with Gasteiger partial charge in [0.25, 0.3) is 0 Å². The molecule has 29 heavy (non-hydrogen) atoms. The van der Waals surface area contributed by atoms with Crippen LogP contribution in [0, 0.1) is 13.8 Å². The summed E-state index contributed by atoms with van der Waals surface area (Å²) in [5, 5.41) is 0.392. The summed E-state index contributed by atoms with van der Waals surface area (Å²) in [4.78, 5) is 26.7. The van der Waals surface area contributed by atoms with Gasteiger partial charge in [0.2, 0.25) is 11.2 Å². The molecular formula is C25H20O4. The number of methoxy groups -OCH3 is 1. The fourth-order valence-electron chi connectivity index (χ4n) is 3.30. The van der Waals surface area contributed by atoms with Crippen molar-refractivity contribution in [3.63, 3.8) is 0 Å². The number of hydrogen-bond donors (Lipinski definition) is 0. The largest absolute Gasteiger partial charge is 0.497 e. The minimum Gasteiger partial charge on any atom is -0.497 e. The van der Waals surface area contributed by atoms with Gasteiger partial charge in [-0.3, -0.25) is 9.59 Å². The van der Waals surface area contributed by atoms with E-state index in [1.54, 1.807) is 49.6 Å². The standard InChI is InChI=1S/C25H20O4/c1-15-4-7-17(8-5-15)23(26)22-24(27)20-13-6-16(2)14-21(20)29-25(22)18-9-11-19(28-3)12-10-18/h4-14H,1-3H3. The van der Waals surface area contributed by atoms with Crippen LogP contribution in [0.5, 0.6) is 5.75 Å². The minimum absolute atomic E-state index is 0.0374. The van der Waals surface area contributed by atoms with E-state index >= 15 is 0 Å². The van der Waals surface area contributed by atoms with Crippen LogP contribution in [0.15, 0.2) is 75.9 Å². The summed E-state index contributed by atoms with van der Waals surface area (Å²) in [6.07, 6.45) is 0. The third-order valence-electron chi connectivity index (χ3n) is 4.94. The van der Waals surface area contributed by atoms with Gasteiger partial charge >= 0.3 is 0 Å². The van der Waals surface area contributed by atoms with Crippen LogP contribution in [0.2, 0.25) is 0 Å². The maximum absolute atomic E-state index is 13.3. The molecule has 0 atom stereocenters. The fraction of sp³-hybridized carbons (Fsp3) is 0.120. The third kappa shape index (κ3) is 3.45. The van der Waals surface area contributed by atoms with Gasteiger partial charge in [-0.1, -0.05) is 35.9 Å². The lowest BCUT2D eigenvalue weighted by molar-refractivity contribution is 0.103. The highest BCUT2D eigenvalue weighted by molar-refractivity contribution is 6.13. The first-order chi connectivity index (χ1) is 14.0. The van der Waals surface area contributed by atoms with Crippen molar-refractivity contribution < 1.29 is 13.9 Å². The van der Waals surface area contributed by atoms with Crippen LogP contribution < -0.4 is 10.2 Å². The molecule has 0 N–H and O–H groups in total. The monoisotopic (exact) mass is 384 g/mol. The Bertz CT molecular complexity index is 1260. The summed E-state index contributed by atoms with van der Waals surface area (Å²) < 4.78 is 11.3. The highest BCUT2D eigenvalue weighted by atomic mass is 16.5. The fourth-order valence-corrected chi connectivity index (χ4v) is 3.30. The van der Waals surface area contributed by atoms with Gasteiger partial charge in [0, 0.05) is 11.1 Å². The molecule has 1 heterocycles. The van der Waals surface area contributed by atoms with E-state index in [2.05, 4.69) is 0 Å². The molecule has 0 saturated heterocycles. The van der Waals surface area contributed by atoms with Crippen LogP contribution in [-0.4, -0.2) is 12.9 Å². The maximum atomic E-state index is 13.3. The van der Waals surface area contributed by atoms with E-state index in [-0.39, 0.29) is 22.5 Å². The topological polar surface area (TPSA) is 56.5 Å². The van der Waals surface area contributed by atoms with Crippen LogP contribution >= 0.6 is 0 Å². The van der Waals surface area contributed by atoms with Crippen molar-refractivity contribution in [2.45, 2.75) is 13.8 Å². The molecule has 0 saturated carbocycles. The van der Waals surface area contributed by atoms with Crippen LogP contribution in [0.4, 0.5) is 0 Å². The van der Waals surface area contributed by atoms with Crippen molar-refractivity contribution >= 4 is 16.8 Å². The van der Waals surface area contributed by atoms with Crippen LogP contribution in [0.25, 0.3) is 22.3 Å². The number of benzene rings is 3. The SMILES string of the molecule is COc1ccc(-c2oc3cc(C)ccc3c(=O)c2C(=O)c2ccc(C)cc2)cc1. The summed E-state index contributed by atoms with van der Waals surface area (Å²) in [5.41, 5.74) is 3.27. The average molecular weight is 384 g/mol. The first kappa shape index (κ1) is 18.7. The van der Waals surface area contributed by atoms with Gasteiger partial charge in [-0.15, -0.1) is 0 Å². The van der Waals surface area contributed by atoms with Crippen molar-refractivity contribution in [2.75, 3.05) is 7.11 Å². The summed E-state index contributed by atoms with van der Waals surface area (Å²) in [6.45, 7) is 3.88. The average Bonchev–Trinajstić information content (AvgIpc) is 2.73. The highest BCUT2D eigenvalue weighted by Crippen LogP contribution is 2.29. The lowest BCUT2D eigenvalue weighted by Gasteiger charge is -2.11. The Morgan fingerprint density at radius 1 is 0.862 bits per heavy atom. The summed E-state index contributed by atoms with van der Waals surface area (Å²) >= 11 is 0. The van der Waals surface area contributed by atoms with Crippen molar-refractivity contribution in [3.8, 4) is 17.1 Å². The normalized spacial score (nSPS) is 10.9. The summed E-state index contributed by atoms with van der Waals surface area (Å²) in [5.74, 6) is 0.590. The van der Waals surface area contributed by atoms with Gasteiger partial charge in [0.05, 0.1) is 12.5 Å². The smallest absolute Gasteiger partial charge is 0.204 e. The molecule has 144 valence electrons. The van der Waals surface area contributed by atoms with E-state index in [1.807, 2.05) is 38.1 Å². The number of ketones is 1. The Kier molecular flexibility index (Phi) is 4.77. The van der Waals surface area contributed by atoms with Gasteiger partial charge in [-0.2, -0.15) is 0 Å². The quantitative estimate of drug-likeness (QED) is 0.447. The van der Waals surface area contributed by atoms with E-state index in [1.165, 1.54) is 0 Å². The summed E-state index contributed by atoms with van der Waals surface area (Å²) in [7, 11) is 1.58. The van der Waals surface area contributed by atoms with Gasteiger partial charge < -0.3 is 9.15 Å². The molecule has 0 amide bonds. The predicted molar refractivity (Wildman–Crippen MR) is 114 cm³/mol. The predicted octanol–water partition coefficient (Wildman–Crippen LogP) is 5.32. The number of rotatable bonds is 4. The van der Waals surface area contributed by atoms with E-state index in [0.29, 0.717) is 27.8 Å². The number of fused-ring (bicyclic) bond motifs is 1. The number of hydrogen-bond acceptors (Lipinski definition) is 4.